The van der Waals surface area contributed by atoms with E-state index in [1.54, 1.807) is 18.2 Å². The van der Waals surface area contributed by atoms with E-state index in [9.17, 15) is 18.0 Å². The maximum Gasteiger partial charge on any atom is 0.416 e. The molecule has 0 spiro atoms. The van der Waals surface area contributed by atoms with E-state index in [1.807, 2.05) is 0 Å². The SMILES string of the molecule is C[C@H](Oc1cccc(Cl)c1Cl)C(=O)Nc1ccc(C(F)(F)F)cc1. The van der Waals surface area contributed by atoms with Crippen LogP contribution in [0.1, 0.15) is 12.5 Å². The number of ether oxygens (including phenoxy) is 1. The Morgan fingerprint density at radius 1 is 1.12 bits per heavy atom. The minimum absolute atomic E-state index is 0.174. The molecule has 0 saturated heterocycles. The molecule has 0 bridgehead atoms. The summed E-state index contributed by atoms with van der Waals surface area (Å²) in [6.07, 6.45) is -5.36. The zero-order chi connectivity index (χ0) is 17.9. The number of carbonyl (C=O) groups excluding carboxylic acids is 1. The fraction of sp³-hybridized carbons (Fsp3) is 0.188. The number of amides is 1. The Kier molecular flexibility index (Phi) is 5.62. The van der Waals surface area contributed by atoms with E-state index in [0.29, 0.717) is 0 Å². The lowest BCUT2D eigenvalue weighted by Gasteiger charge is -2.16. The number of hydrogen-bond donors (Lipinski definition) is 1. The standard InChI is InChI=1S/C16H12Cl2F3NO2/c1-9(24-13-4-2-3-12(17)14(13)18)15(23)22-11-7-5-10(6-8-11)16(19,20)21/h2-9H,1H3,(H,22,23)/t9-/m0/s1. The Morgan fingerprint density at radius 3 is 2.33 bits per heavy atom. The van der Waals surface area contributed by atoms with Gasteiger partial charge in [-0.2, -0.15) is 13.2 Å². The summed E-state index contributed by atoms with van der Waals surface area (Å²) in [7, 11) is 0. The first-order valence-corrected chi connectivity index (χ1v) is 7.53. The van der Waals surface area contributed by atoms with Crippen LogP contribution in [0.15, 0.2) is 42.5 Å². The Hall–Kier alpha value is -1.92. The van der Waals surface area contributed by atoms with Gasteiger partial charge < -0.3 is 10.1 Å². The molecular weight excluding hydrogens is 366 g/mol. The van der Waals surface area contributed by atoms with E-state index >= 15 is 0 Å². The quantitative estimate of drug-likeness (QED) is 0.772. The molecule has 1 amide bonds. The summed E-state index contributed by atoms with van der Waals surface area (Å²) in [5.74, 6) is -0.301. The first-order chi connectivity index (χ1) is 11.2. The number of halogens is 5. The van der Waals surface area contributed by atoms with Crippen LogP contribution in [0.4, 0.5) is 18.9 Å². The highest BCUT2D eigenvalue weighted by atomic mass is 35.5. The highest BCUT2D eigenvalue weighted by Gasteiger charge is 2.30. The number of benzene rings is 2. The van der Waals surface area contributed by atoms with Gasteiger partial charge >= 0.3 is 6.18 Å². The van der Waals surface area contributed by atoms with Crippen molar-refractivity contribution in [3.8, 4) is 5.75 Å². The molecule has 0 fully saturated rings. The monoisotopic (exact) mass is 377 g/mol. The zero-order valence-corrected chi connectivity index (χ0v) is 13.8. The molecule has 1 atom stereocenters. The summed E-state index contributed by atoms with van der Waals surface area (Å²) >= 11 is 11.8. The second kappa shape index (κ2) is 7.32. The molecule has 0 aromatic heterocycles. The number of anilines is 1. The van der Waals surface area contributed by atoms with Gasteiger partial charge in [0.05, 0.1) is 10.6 Å². The summed E-state index contributed by atoms with van der Waals surface area (Å²) in [5, 5.41) is 2.92. The third kappa shape index (κ3) is 4.55. The van der Waals surface area contributed by atoms with Gasteiger partial charge in [0.15, 0.2) is 6.10 Å². The summed E-state index contributed by atoms with van der Waals surface area (Å²) in [6, 6.07) is 8.84. The van der Waals surface area contributed by atoms with Crippen LogP contribution >= 0.6 is 23.2 Å². The van der Waals surface area contributed by atoms with Crippen LogP contribution < -0.4 is 10.1 Å². The Morgan fingerprint density at radius 2 is 1.75 bits per heavy atom. The average molecular weight is 378 g/mol. The molecule has 0 radical (unpaired) electrons. The number of carbonyl (C=O) groups is 1. The third-order valence-corrected chi connectivity index (χ3v) is 3.87. The molecule has 128 valence electrons. The third-order valence-electron chi connectivity index (χ3n) is 3.07. The van der Waals surface area contributed by atoms with Gasteiger partial charge in [-0.1, -0.05) is 29.3 Å². The summed E-state index contributed by atoms with van der Waals surface area (Å²) < 4.78 is 42.9. The fourth-order valence-electron chi connectivity index (χ4n) is 1.81. The molecule has 0 aliphatic carbocycles. The minimum atomic E-state index is -4.43. The molecule has 0 unspecified atom stereocenters. The second-order valence-corrected chi connectivity index (χ2v) is 5.66. The molecule has 8 heteroatoms. The van der Waals surface area contributed by atoms with Crippen LogP contribution in [-0.2, 0) is 11.0 Å². The predicted octanol–water partition coefficient (Wildman–Crippen LogP) is 5.42. The first-order valence-electron chi connectivity index (χ1n) is 6.77. The lowest BCUT2D eigenvalue weighted by molar-refractivity contribution is -0.137. The van der Waals surface area contributed by atoms with Crippen LogP contribution in [0.2, 0.25) is 10.0 Å². The van der Waals surface area contributed by atoms with Gasteiger partial charge in [-0.3, -0.25) is 4.79 Å². The molecular formula is C16H12Cl2F3NO2. The molecule has 0 aliphatic rings. The van der Waals surface area contributed by atoms with E-state index in [-0.39, 0.29) is 21.5 Å². The average Bonchev–Trinajstić information content (AvgIpc) is 2.51. The highest BCUT2D eigenvalue weighted by Crippen LogP contribution is 2.32. The van der Waals surface area contributed by atoms with E-state index in [4.69, 9.17) is 27.9 Å². The Bertz CT molecular complexity index is 733. The zero-order valence-electron chi connectivity index (χ0n) is 12.3. The van der Waals surface area contributed by atoms with Crippen molar-refractivity contribution in [2.24, 2.45) is 0 Å². The Labute approximate surface area is 146 Å². The lowest BCUT2D eigenvalue weighted by Crippen LogP contribution is -2.30. The summed E-state index contributed by atoms with van der Waals surface area (Å²) in [5.41, 5.74) is -0.573. The van der Waals surface area contributed by atoms with Crippen LogP contribution in [-0.4, -0.2) is 12.0 Å². The topological polar surface area (TPSA) is 38.3 Å². The van der Waals surface area contributed by atoms with Crippen molar-refractivity contribution in [2.45, 2.75) is 19.2 Å². The molecule has 0 aliphatic heterocycles. The van der Waals surface area contributed by atoms with Crippen molar-refractivity contribution in [1.29, 1.82) is 0 Å². The van der Waals surface area contributed by atoms with Crippen LogP contribution in [0.3, 0.4) is 0 Å². The molecule has 2 rings (SSSR count). The van der Waals surface area contributed by atoms with Gasteiger partial charge in [0.25, 0.3) is 5.91 Å². The molecule has 24 heavy (non-hydrogen) atoms. The fourth-order valence-corrected chi connectivity index (χ4v) is 2.14. The number of nitrogens with one attached hydrogen (secondary N) is 1. The van der Waals surface area contributed by atoms with Crippen molar-refractivity contribution in [2.75, 3.05) is 5.32 Å². The second-order valence-electron chi connectivity index (χ2n) is 4.88. The minimum Gasteiger partial charge on any atom is -0.479 e. The van der Waals surface area contributed by atoms with Gasteiger partial charge in [-0.15, -0.1) is 0 Å². The van der Waals surface area contributed by atoms with Crippen molar-refractivity contribution in [3.05, 3.63) is 58.1 Å². The van der Waals surface area contributed by atoms with Gasteiger partial charge in [-0.25, -0.2) is 0 Å². The molecule has 0 saturated carbocycles. The van der Waals surface area contributed by atoms with Crippen LogP contribution in [0, 0.1) is 0 Å². The maximum atomic E-state index is 12.5. The van der Waals surface area contributed by atoms with E-state index in [0.717, 1.165) is 12.1 Å². The molecule has 2 aromatic carbocycles. The Balaban J connectivity index is 2.02. The van der Waals surface area contributed by atoms with Crippen molar-refractivity contribution in [1.82, 2.24) is 0 Å². The van der Waals surface area contributed by atoms with Crippen LogP contribution in [0.5, 0.6) is 5.75 Å². The van der Waals surface area contributed by atoms with Crippen molar-refractivity contribution >= 4 is 34.8 Å². The van der Waals surface area contributed by atoms with Gasteiger partial charge in [0, 0.05) is 5.69 Å². The maximum absolute atomic E-state index is 12.5. The van der Waals surface area contributed by atoms with E-state index in [2.05, 4.69) is 5.32 Å². The summed E-state index contributed by atoms with van der Waals surface area (Å²) in [4.78, 5) is 12.1. The molecule has 3 nitrogen and oxygen atoms in total. The summed E-state index contributed by atoms with van der Waals surface area (Å²) in [6.45, 7) is 1.48. The van der Waals surface area contributed by atoms with E-state index in [1.165, 1.54) is 19.1 Å². The normalized spacial score (nSPS) is 12.6. The van der Waals surface area contributed by atoms with Gasteiger partial charge in [0.2, 0.25) is 0 Å². The van der Waals surface area contributed by atoms with Gasteiger partial charge in [-0.05, 0) is 43.3 Å². The number of alkyl halides is 3. The van der Waals surface area contributed by atoms with Crippen LogP contribution in [0.25, 0.3) is 0 Å². The largest absolute Gasteiger partial charge is 0.479 e. The van der Waals surface area contributed by atoms with Gasteiger partial charge in [0.1, 0.15) is 10.8 Å². The van der Waals surface area contributed by atoms with Crippen molar-refractivity contribution < 1.29 is 22.7 Å². The smallest absolute Gasteiger partial charge is 0.416 e. The number of rotatable bonds is 4. The van der Waals surface area contributed by atoms with Crippen molar-refractivity contribution in [3.63, 3.8) is 0 Å². The lowest BCUT2D eigenvalue weighted by atomic mass is 10.2. The molecule has 2 aromatic rings. The highest BCUT2D eigenvalue weighted by molar-refractivity contribution is 6.42. The predicted molar refractivity (Wildman–Crippen MR) is 86.6 cm³/mol. The molecule has 0 heterocycles. The number of hydrogen-bond acceptors (Lipinski definition) is 2. The molecule has 1 N–H and O–H groups in total. The van der Waals surface area contributed by atoms with E-state index < -0.39 is 23.8 Å². The first kappa shape index (κ1) is 18.4.